The minimum atomic E-state index is -0.0649. The molecule has 0 fully saturated rings. The van der Waals surface area contributed by atoms with Crippen LogP contribution in [-0.4, -0.2) is 0 Å². The van der Waals surface area contributed by atoms with Crippen molar-refractivity contribution in [3.8, 4) is 0 Å². The van der Waals surface area contributed by atoms with E-state index in [-0.39, 0.29) is 5.82 Å². The van der Waals surface area contributed by atoms with E-state index in [0.717, 1.165) is 75.3 Å². The fourth-order valence-corrected chi connectivity index (χ4v) is 4.55. The molecule has 3 aromatic carbocycles. The summed E-state index contributed by atoms with van der Waals surface area (Å²) in [5, 5.41) is 0. The van der Waals surface area contributed by atoms with Crippen molar-refractivity contribution in [2.45, 2.75) is 78.1 Å². The van der Waals surface area contributed by atoms with Gasteiger partial charge >= 0.3 is 0 Å². The van der Waals surface area contributed by atoms with Crippen molar-refractivity contribution in [3.63, 3.8) is 0 Å². The number of unbranched alkanes of at least 4 members (excludes halogenated alkanes) is 1. The maximum atomic E-state index is 14.7. The molecule has 0 aliphatic rings. The summed E-state index contributed by atoms with van der Waals surface area (Å²) in [7, 11) is 0. The van der Waals surface area contributed by atoms with Crippen LogP contribution < -0.4 is 0 Å². The molecule has 0 radical (unpaired) electrons. The molecule has 0 aliphatic carbocycles. The number of allylic oxidation sites excluding steroid dienone is 6. The summed E-state index contributed by atoms with van der Waals surface area (Å²) in [5.74, 6) is -0.0649. The van der Waals surface area contributed by atoms with Gasteiger partial charge in [-0.25, -0.2) is 4.39 Å². The van der Waals surface area contributed by atoms with Crippen molar-refractivity contribution < 1.29 is 4.39 Å². The van der Waals surface area contributed by atoms with Crippen LogP contribution in [0.15, 0.2) is 103 Å². The third-order valence-corrected chi connectivity index (χ3v) is 6.87. The lowest BCUT2D eigenvalue weighted by molar-refractivity contribution is 0.598. The molecule has 0 aliphatic heterocycles. The monoisotopic (exact) mass is 494 g/mol. The van der Waals surface area contributed by atoms with E-state index in [4.69, 9.17) is 0 Å². The number of hydrogen-bond acceptors (Lipinski definition) is 0. The van der Waals surface area contributed by atoms with Gasteiger partial charge in [0.05, 0.1) is 0 Å². The highest BCUT2D eigenvalue weighted by Crippen LogP contribution is 2.16. The molecule has 0 N–H and O–H groups in total. The fraction of sp³-hybridized carbons (Fsp3) is 0.333. The van der Waals surface area contributed by atoms with Crippen LogP contribution >= 0.6 is 0 Å². The van der Waals surface area contributed by atoms with E-state index in [2.05, 4.69) is 105 Å². The number of hydrogen-bond donors (Lipinski definition) is 0. The second-order valence-electron chi connectivity index (χ2n) is 9.86. The van der Waals surface area contributed by atoms with Gasteiger partial charge in [0.2, 0.25) is 0 Å². The third-order valence-electron chi connectivity index (χ3n) is 6.87. The van der Waals surface area contributed by atoms with Gasteiger partial charge in [0.1, 0.15) is 5.82 Å². The Kier molecular flexibility index (Phi) is 12.7. The Morgan fingerprint density at radius 3 is 1.51 bits per heavy atom. The first-order valence-corrected chi connectivity index (χ1v) is 14.0. The van der Waals surface area contributed by atoms with Gasteiger partial charge in [-0.15, -0.1) is 0 Å². The standard InChI is InChI=1S/C36H43F/c1-3-5-7-13-30-19-23-32(24-20-30)15-9-10-17-34-27-28-35(36(37)29-34)18-12-11-16-33-25-21-31(22-26-33)14-8-6-4-2/h3-6,9-10,19-29H,7-8,11-18H2,1-2H3/b5-3+,6-4+,10-9+. The lowest BCUT2D eigenvalue weighted by atomic mass is 10.00. The van der Waals surface area contributed by atoms with Crippen LogP contribution in [0.25, 0.3) is 0 Å². The molecular weight excluding hydrogens is 451 g/mol. The van der Waals surface area contributed by atoms with Crippen molar-refractivity contribution in [2.75, 3.05) is 0 Å². The van der Waals surface area contributed by atoms with Crippen LogP contribution in [0.1, 0.15) is 72.9 Å². The van der Waals surface area contributed by atoms with E-state index in [1.54, 1.807) is 6.07 Å². The zero-order valence-electron chi connectivity index (χ0n) is 22.8. The van der Waals surface area contributed by atoms with Gasteiger partial charge in [-0.3, -0.25) is 0 Å². The van der Waals surface area contributed by atoms with E-state index >= 15 is 0 Å². The van der Waals surface area contributed by atoms with Crippen LogP contribution in [-0.2, 0) is 38.5 Å². The van der Waals surface area contributed by atoms with Gasteiger partial charge in [-0.05, 0) is 118 Å². The molecule has 0 spiro atoms. The Morgan fingerprint density at radius 2 is 0.973 bits per heavy atom. The van der Waals surface area contributed by atoms with Gasteiger partial charge in [0.15, 0.2) is 0 Å². The van der Waals surface area contributed by atoms with Crippen LogP contribution in [0.4, 0.5) is 4.39 Å². The maximum absolute atomic E-state index is 14.7. The van der Waals surface area contributed by atoms with Crippen molar-refractivity contribution in [3.05, 3.63) is 142 Å². The van der Waals surface area contributed by atoms with Crippen LogP contribution in [0.2, 0.25) is 0 Å². The highest BCUT2D eigenvalue weighted by atomic mass is 19.1. The summed E-state index contributed by atoms with van der Waals surface area (Å²) in [5.41, 5.74) is 7.33. The average Bonchev–Trinajstić information content (AvgIpc) is 2.92. The smallest absolute Gasteiger partial charge is 0.126 e. The molecule has 0 saturated heterocycles. The molecule has 3 aromatic rings. The Balaban J connectivity index is 1.36. The van der Waals surface area contributed by atoms with Gasteiger partial charge in [-0.2, -0.15) is 0 Å². The zero-order valence-corrected chi connectivity index (χ0v) is 22.8. The van der Waals surface area contributed by atoms with Crippen molar-refractivity contribution >= 4 is 0 Å². The average molecular weight is 495 g/mol. The van der Waals surface area contributed by atoms with Crippen LogP contribution in [0.3, 0.4) is 0 Å². The number of aryl methyl sites for hydroxylation is 4. The van der Waals surface area contributed by atoms with Gasteiger partial charge in [-0.1, -0.05) is 97.1 Å². The molecule has 0 bridgehead atoms. The molecular formula is C36H43F. The summed E-state index contributed by atoms with van der Waals surface area (Å²) in [4.78, 5) is 0. The van der Waals surface area contributed by atoms with Crippen molar-refractivity contribution in [2.24, 2.45) is 0 Å². The van der Waals surface area contributed by atoms with Gasteiger partial charge in [0.25, 0.3) is 0 Å². The van der Waals surface area contributed by atoms with E-state index in [9.17, 15) is 4.39 Å². The summed E-state index contributed by atoms with van der Waals surface area (Å²) in [6, 6.07) is 23.6. The fourth-order valence-electron chi connectivity index (χ4n) is 4.55. The molecule has 37 heavy (non-hydrogen) atoms. The molecule has 0 amide bonds. The van der Waals surface area contributed by atoms with E-state index in [1.165, 1.54) is 22.3 Å². The van der Waals surface area contributed by atoms with Crippen LogP contribution in [0, 0.1) is 5.82 Å². The highest BCUT2D eigenvalue weighted by molar-refractivity contribution is 5.28. The highest BCUT2D eigenvalue weighted by Gasteiger charge is 2.04. The molecule has 0 atom stereocenters. The Bertz CT molecular complexity index is 1130. The number of benzene rings is 3. The first kappa shape index (κ1) is 28.4. The minimum absolute atomic E-state index is 0.0649. The largest absolute Gasteiger partial charge is 0.207 e. The predicted molar refractivity (Wildman–Crippen MR) is 159 cm³/mol. The summed E-state index contributed by atoms with van der Waals surface area (Å²) < 4.78 is 14.7. The van der Waals surface area contributed by atoms with Gasteiger partial charge < -0.3 is 0 Å². The normalized spacial score (nSPS) is 11.9. The molecule has 0 saturated carbocycles. The Labute approximate surface area is 224 Å². The summed E-state index contributed by atoms with van der Waals surface area (Å²) in [6.45, 7) is 4.13. The van der Waals surface area contributed by atoms with Crippen molar-refractivity contribution in [1.29, 1.82) is 0 Å². The molecule has 0 aromatic heterocycles. The molecule has 0 heterocycles. The topological polar surface area (TPSA) is 0 Å². The van der Waals surface area contributed by atoms with E-state index in [0.29, 0.717) is 0 Å². The van der Waals surface area contributed by atoms with Gasteiger partial charge in [0, 0.05) is 0 Å². The molecule has 0 nitrogen and oxygen atoms in total. The summed E-state index contributed by atoms with van der Waals surface area (Å²) in [6.07, 6.45) is 23.0. The lowest BCUT2D eigenvalue weighted by Gasteiger charge is -2.07. The minimum Gasteiger partial charge on any atom is -0.207 e. The SMILES string of the molecule is C/C=C/CCc1ccc(C/C=C/Cc2ccc(CCCCc3ccc(CC/C=C/C)cc3)c(F)c2)cc1. The molecule has 3 rings (SSSR count). The molecule has 1 heteroatoms. The Morgan fingerprint density at radius 1 is 0.514 bits per heavy atom. The molecule has 0 unspecified atom stereocenters. The Hall–Kier alpha value is -3.19. The van der Waals surface area contributed by atoms with Crippen LogP contribution in [0.5, 0.6) is 0 Å². The first-order chi connectivity index (χ1) is 18.2. The maximum Gasteiger partial charge on any atom is 0.126 e. The molecule has 194 valence electrons. The quantitative estimate of drug-likeness (QED) is 0.146. The first-order valence-electron chi connectivity index (χ1n) is 14.0. The van der Waals surface area contributed by atoms with E-state index in [1.807, 2.05) is 6.07 Å². The zero-order chi connectivity index (χ0) is 26.1. The third kappa shape index (κ3) is 10.8. The number of halogens is 1. The predicted octanol–water partition coefficient (Wildman–Crippen LogP) is 9.75. The second kappa shape index (κ2) is 16.5. The summed E-state index contributed by atoms with van der Waals surface area (Å²) >= 11 is 0. The second-order valence-corrected chi connectivity index (χ2v) is 9.86. The van der Waals surface area contributed by atoms with Crippen molar-refractivity contribution in [1.82, 2.24) is 0 Å². The lowest BCUT2D eigenvalue weighted by Crippen LogP contribution is -1.95. The van der Waals surface area contributed by atoms with E-state index < -0.39 is 0 Å². The number of rotatable bonds is 15.